The number of nitrogens with one attached hydrogen (secondary N) is 2. The summed E-state index contributed by atoms with van der Waals surface area (Å²) in [5.41, 5.74) is -0.194. The summed E-state index contributed by atoms with van der Waals surface area (Å²) in [5.74, 6) is -0.114. The second-order valence-electron chi connectivity index (χ2n) is 4.65. The number of amides is 1. The van der Waals surface area contributed by atoms with E-state index in [1.54, 1.807) is 31.2 Å². The van der Waals surface area contributed by atoms with Gasteiger partial charge in [0.25, 0.3) is 0 Å². The minimum Gasteiger partial charge on any atom is -0.359 e. The van der Waals surface area contributed by atoms with Crippen molar-refractivity contribution in [1.29, 1.82) is 0 Å². The molecule has 1 heterocycles. The highest BCUT2D eigenvalue weighted by Gasteiger charge is 2.30. The molecule has 0 radical (unpaired) electrons. The lowest BCUT2D eigenvalue weighted by molar-refractivity contribution is -0.137. The molecule has 2 aromatic rings. The topological polar surface area (TPSA) is 54.0 Å². The molecule has 1 amide bonds. The Morgan fingerprint density at radius 3 is 2.36 bits per heavy atom. The number of hydrogen-bond donors (Lipinski definition) is 2. The maximum atomic E-state index is 12.4. The number of pyridine rings is 1. The summed E-state index contributed by atoms with van der Waals surface area (Å²) in [6, 6.07) is 10.3. The molecule has 116 valence electrons. The zero-order chi connectivity index (χ0) is 16.2. The Labute approximate surface area is 125 Å². The smallest absolute Gasteiger partial charge is 0.359 e. The van der Waals surface area contributed by atoms with Gasteiger partial charge in [0.05, 0.1) is 5.56 Å². The van der Waals surface area contributed by atoms with Gasteiger partial charge >= 0.3 is 6.18 Å². The quantitative estimate of drug-likeness (QED) is 0.908. The molecule has 2 N–H and O–H groups in total. The van der Waals surface area contributed by atoms with Gasteiger partial charge in [0.15, 0.2) is 0 Å². The largest absolute Gasteiger partial charge is 0.417 e. The van der Waals surface area contributed by atoms with Crippen molar-refractivity contribution >= 4 is 17.4 Å². The monoisotopic (exact) mass is 309 g/mol. The standard InChI is InChI=1S/C15H14F3N3O/c1-10(14(22)21-12-5-3-2-4-6-12)20-13-8-7-11(9-19-13)15(16,17)18/h2-10H,1H3,(H,19,20)(H,21,22). The zero-order valence-corrected chi connectivity index (χ0v) is 11.7. The van der Waals surface area contributed by atoms with Gasteiger partial charge in [-0.05, 0) is 31.2 Å². The van der Waals surface area contributed by atoms with Crippen LogP contribution in [0.2, 0.25) is 0 Å². The number of alkyl halides is 3. The van der Waals surface area contributed by atoms with E-state index in [1.165, 1.54) is 6.07 Å². The number of carbonyl (C=O) groups excluding carboxylic acids is 1. The van der Waals surface area contributed by atoms with Gasteiger partial charge in [0.2, 0.25) is 5.91 Å². The van der Waals surface area contributed by atoms with Gasteiger partial charge in [-0.2, -0.15) is 13.2 Å². The molecule has 0 saturated heterocycles. The number of hydrogen-bond acceptors (Lipinski definition) is 3. The Bertz CT molecular complexity index is 627. The van der Waals surface area contributed by atoms with Crippen molar-refractivity contribution in [3.63, 3.8) is 0 Å². The first-order valence-corrected chi connectivity index (χ1v) is 6.52. The van der Waals surface area contributed by atoms with Gasteiger partial charge in [-0.1, -0.05) is 18.2 Å². The van der Waals surface area contributed by atoms with Crippen LogP contribution in [0.4, 0.5) is 24.7 Å². The van der Waals surface area contributed by atoms with E-state index in [0.29, 0.717) is 5.69 Å². The van der Waals surface area contributed by atoms with E-state index < -0.39 is 17.8 Å². The van der Waals surface area contributed by atoms with Crippen LogP contribution < -0.4 is 10.6 Å². The number of benzene rings is 1. The fraction of sp³-hybridized carbons (Fsp3) is 0.200. The van der Waals surface area contributed by atoms with E-state index in [1.807, 2.05) is 6.07 Å². The van der Waals surface area contributed by atoms with Crippen molar-refractivity contribution in [2.45, 2.75) is 19.1 Å². The van der Waals surface area contributed by atoms with Gasteiger partial charge < -0.3 is 10.6 Å². The third-order valence-electron chi connectivity index (χ3n) is 2.89. The normalized spacial score (nSPS) is 12.5. The van der Waals surface area contributed by atoms with Gasteiger partial charge in [-0.15, -0.1) is 0 Å². The van der Waals surface area contributed by atoms with Crippen LogP contribution in [0.15, 0.2) is 48.7 Å². The third kappa shape index (κ3) is 4.21. The van der Waals surface area contributed by atoms with Crippen LogP contribution in [0.3, 0.4) is 0 Å². The SMILES string of the molecule is CC(Nc1ccc(C(F)(F)F)cn1)C(=O)Nc1ccccc1. The van der Waals surface area contributed by atoms with Crippen LogP contribution in [0.5, 0.6) is 0 Å². The molecule has 7 heteroatoms. The van der Waals surface area contributed by atoms with Crippen LogP contribution in [0, 0.1) is 0 Å². The molecule has 0 aliphatic heterocycles. The Morgan fingerprint density at radius 2 is 1.82 bits per heavy atom. The summed E-state index contributed by atoms with van der Waals surface area (Å²) in [4.78, 5) is 15.6. The number of anilines is 2. The van der Waals surface area contributed by atoms with Crippen molar-refractivity contribution in [3.8, 4) is 0 Å². The summed E-state index contributed by atoms with van der Waals surface area (Å²) in [6.45, 7) is 1.59. The maximum absolute atomic E-state index is 12.4. The molecular formula is C15H14F3N3O. The van der Waals surface area contributed by atoms with Gasteiger partial charge in [-0.3, -0.25) is 4.79 Å². The van der Waals surface area contributed by atoms with Crippen LogP contribution >= 0.6 is 0 Å². The molecule has 22 heavy (non-hydrogen) atoms. The van der Waals surface area contributed by atoms with Crippen molar-refractivity contribution in [2.75, 3.05) is 10.6 Å². The molecule has 0 spiro atoms. The van der Waals surface area contributed by atoms with E-state index in [4.69, 9.17) is 0 Å². The fourth-order valence-electron chi connectivity index (χ4n) is 1.71. The average molecular weight is 309 g/mol. The number of aromatic nitrogens is 1. The van der Waals surface area contributed by atoms with E-state index in [9.17, 15) is 18.0 Å². The predicted octanol–water partition coefficient (Wildman–Crippen LogP) is 3.54. The molecule has 0 saturated carbocycles. The fourth-order valence-corrected chi connectivity index (χ4v) is 1.71. The van der Waals surface area contributed by atoms with E-state index >= 15 is 0 Å². The second kappa shape index (κ2) is 6.46. The van der Waals surface area contributed by atoms with Gasteiger partial charge in [0, 0.05) is 11.9 Å². The third-order valence-corrected chi connectivity index (χ3v) is 2.89. The number of carbonyl (C=O) groups is 1. The number of halogens is 3. The van der Waals surface area contributed by atoms with E-state index in [-0.39, 0.29) is 11.7 Å². The highest BCUT2D eigenvalue weighted by molar-refractivity contribution is 5.96. The molecule has 0 aliphatic carbocycles. The first-order valence-electron chi connectivity index (χ1n) is 6.52. The Hall–Kier alpha value is -2.57. The lowest BCUT2D eigenvalue weighted by Crippen LogP contribution is -2.32. The summed E-state index contributed by atoms with van der Waals surface area (Å²) in [7, 11) is 0. The highest BCUT2D eigenvalue weighted by Crippen LogP contribution is 2.28. The predicted molar refractivity (Wildman–Crippen MR) is 77.4 cm³/mol. The van der Waals surface area contributed by atoms with E-state index in [0.717, 1.165) is 12.3 Å². The van der Waals surface area contributed by atoms with Crippen molar-refractivity contribution in [2.24, 2.45) is 0 Å². The second-order valence-corrected chi connectivity index (χ2v) is 4.65. The lowest BCUT2D eigenvalue weighted by atomic mass is 10.2. The van der Waals surface area contributed by atoms with E-state index in [2.05, 4.69) is 15.6 Å². The molecule has 1 aromatic carbocycles. The number of para-hydroxylation sites is 1. The van der Waals surface area contributed by atoms with Crippen molar-refractivity contribution in [1.82, 2.24) is 4.98 Å². The Morgan fingerprint density at radius 1 is 1.14 bits per heavy atom. The summed E-state index contributed by atoms with van der Waals surface area (Å²) in [5, 5.41) is 5.44. The van der Waals surface area contributed by atoms with Crippen LogP contribution in [0.1, 0.15) is 12.5 Å². The van der Waals surface area contributed by atoms with Crippen LogP contribution in [-0.2, 0) is 11.0 Å². The molecule has 0 bridgehead atoms. The molecule has 2 rings (SSSR count). The van der Waals surface area contributed by atoms with Crippen LogP contribution in [0.25, 0.3) is 0 Å². The lowest BCUT2D eigenvalue weighted by Gasteiger charge is -2.15. The number of nitrogens with zero attached hydrogens (tertiary/aromatic N) is 1. The highest BCUT2D eigenvalue weighted by atomic mass is 19.4. The van der Waals surface area contributed by atoms with Crippen molar-refractivity contribution in [3.05, 3.63) is 54.2 Å². The molecule has 0 fully saturated rings. The van der Waals surface area contributed by atoms with Gasteiger partial charge in [-0.25, -0.2) is 4.98 Å². The van der Waals surface area contributed by atoms with Crippen LogP contribution in [-0.4, -0.2) is 16.9 Å². The minimum absolute atomic E-state index is 0.198. The Kier molecular flexibility index (Phi) is 4.65. The van der Waals surface area contributed by atoms with Crippen molar-refractivity contribution < 1.29 is 18.0 Å². The summed E-state index contributed by atoms with van der Waals surface area (Å²) in [6.07, 6.45) is -3.70. The number of rotatable bonds is 4. The minimum atomic E-state index is -4.43. The summed E-state index contributed by atoms with van der Waals surface area (Å²) < 4.78 is 37.3. The first kappa shape index (κ1) is 15.8. The molecule has 0 aliphatic rings. The van der Waals surface area contributed by atoms with Gasteiger partial charge in [0.1, 0.15) is 11.9 Å². The molecule has 1 atom stereocenters. The molecular weight excluding hydrogens is 295 g/mol. The molecule has 1 aromatic heterocycles. The maximum Gasteiger partial charge on any atom is 0.417 e. The zero-order valence-electron chi connectivity index (χ0n) is 11.7. The average Bonchev–Trinajstić information content (AvgIpc) is 2.48. The Balaban J connectivity index is 1.96. The molecule has 1 unspecified atom stereocenters. The molecule has 4 nitrogen and oxygen atoms in total. The first-order chi connectivity index (χ1) is 10.4. The summed E-state index contributed by atoms with van der Waals surface area (Å²) >= 11 is 0.